The van der Waals surface area contributed by atoms with Gasteiger partial charge in [-0.25, -0.2) is 0 Å². The molecule has 0 spiro atoms. The molecule has 0 saturated heterocycles. The van der Waals surface area contributed by atoms with E-state index in [2.05, 4.69) is 13.8 Å². The summed E-state index contributed by atoms with van der Waals surface area (Å²) in [5.41, 5.74) is 3.46. The molecule has 0 aliphatic heterocycles. The van der Waals surface area contributed by atoms with Crippen molar-refractivity contribution in [1.82, 2.24) is 0 Å². The molecule has 2 unspecified atom stereocenters. The van der Waals surface area contributed by atoms with E-state index in [0.717, 1.165) is 11.8 Å². The van der Waals surface area contributed by atoms with Crippen LogP contribution in [0.25, 0.3) is 0 Å². The summed E-state index contributed by atoms with van der Waals surface area (Å²) in [5.74, 6) is 2.04. The quantitative estimate of drug-likeness (QED) is 0.402. The lowest BCUT2D eigenvalue weighted by molar-refractivity contribution is 0.726. The fraction of sp³-hybridized carbons (Fsp3) is 0.714. The molecule has 0 heteroatoms. The minimum Gasteiger partial charge on any atom is -0.0729 e. The van der Waals surface area contributed by atoms with Crippen LogP contribution >= 0.6 is 0 Å². The Hall–Kier alpha value is -0.260. The van der Waals surface area contributed by atoms with Gasteiger partial charge in [-0.3, -0.25) is 0 Å². The van der Waals surface area contributed by atoms with Gasteiger partial charge in [-0.1, -0.05) is 18.1 Å². The van der Waals surface area contributed by atoms with E-state index in [1.165, 1.54) is 6.42 Å². The topological polar surface area (TPSA) is 0 Å². The zero-order valence-corrected chi connectivity index (χ0v) is 4.86. The molecule has 0 nitrogen and oxygen atoms in total. The lowest BCUT2D eigenvalue weighted by Crippen LogP contribution is -1.88. The Bertz CT molecular complexity index is 136. The van der Waals surface area contributed by atoms with E-state index in [1.54, 1.807) is 11.1 Å². The van der Waals surface area contributed by atoms with Crippen LogP contribution in [0.2, 0.25) is 0 Å². The van der Waals surface area contributed by atoms with E-state index >= 15 is 0 Å². The molecule has 2 rings (SSSR count). The molecule has 0 aromatic rings. The third-order valence-corrected chi connectivity index (χ3v) is 2.40. The smallest absolute Gasteiger partial charge is 0.00973 e. The number of hydrogen-bond donors (Lipinski definition) is 0. The van der Waals surface area contributed by atoms with Crippen LogP contribution in [0.3, 0.4) is 0 Å². The van der Waals surface area contributed by atoms with Crippen molar-refractivity contribution in [1.29, 1.82) is 0 Å². The molecule has 2 atom stereocenters. The summed E-state index contributed by atoms with van der Waals surface area (Å²) >= 11 is 0. The second-order valence-corrected chi connectivity index (χ2v) is 2.83. The first kappa shape index (κ1) is 3.71. The van der Waals surface area contributed by atoms with Gasteiger partial charge in [0.2, 0.25) is 0 Å². The van der Waals surface area contributed by atoms with Gasteiger partial charge < -0.3 is 0 Å². The molecule has 7 heavy (non-hydrogen) atoms. The van der Waals surface area contributed by atoms with E-state index in [-0.39, 0.29) is 0 Å². The van der Waals surface area contributed by atoms with Gasteiger partial charge in [-0.05, 0) is 25.2 Å². The molecular weight excluding hydrogens is 84.1 g/mol. The van der Waals surface area contributed by atoms with Gasteiger partial charge in [0, 0.05) is 0 Å². The molecule has 2 aliphatic carbocycles. The average Bonchev–Trinajstić information content (AvgIpc) is 2.07. The van der Waals surface area contributed by atoms with E-state index in [4.69, 9.17) is 0 Å². The molecule has 0 heterocycles. The van der Waals surface area contributed by atoms with Crippen molar-refractivity contribution in [2.24, 2.45) is 11.8 Å². The maximum absolute atomic E-state index is 2.33. The first-order valence-corrected chi connectivity index (χ1v) is 3.00. The highest BCUT2D eigenvalue weighted by molar-refractivity contribution is 5.43. The Morgan fingerprint density at radius 1 is 1.57 bits per heavy atom. The lowest BCUT2D eigenvalue weighted by Gasteiger charge is -2.04. The Morgan fingerprint density at radius 3 is 2.29 bits per heavy atom. The van der Waals surface area contributed by atoms with Crippen molar-refractivity contribution in [2.45, 2.75) is 20.3 Å². The normalized spacial score (nSPS) is 45.4. The standard InChI is InChI=1S/C7H10/c1-4-3-6-5(2)7(4)6/h5-6H,3H2,1-2H3. The predicted octanol–water partition coefficient (Wildman–Crippen LogP) is 1.97. The first-order valence-electron chi connectivity index (χ1n) is 3.00. The monoisotopic (exact) mass is 94.1 g/mol. The fourth-order valence-electron chi connectivity index (χ4n) is 1.77. The van der Waals surface area contributed by atoms with Gasteiger partial charge in [0.25, 0.3) is 0 Å². The summed E-state index contributed by atoms with van der Waals surface area (Å²) in [4.78, 5) is 0. The van der Waals surface area contributed by atoms with Crippen molar-refractivity contribution in [3.63, 3.8) is 0 Å². The summed E-state index contributed by atoms with van der Waals surface area (Å²) < 4.78 is 0. The molecular formula is C7H10. The zero-order valence-electron chi connectivity index (χ0n) is 4.86. The summed E-state index contributed by atoms with van der Waals surface area (Å²) in [6.45, 7) is 4.59. The Labute approximate surface area is 44.2 Å². The van der Waals surface area contributed by atoms with Crippen LogP contribution in [0.1, 0.15) is 20.3 Å². The van der Waals surface area contributed by atoms with Crippen molar-refractivity contribution < 1.29 is 0 Å². The molecule has 0 bridgehead atoms. The van der Waals surface area contributed by atoms with E-state index in [0.29, 0.717) is 0 Å². The summed E-state index contributed by atoms with van der Waals surface area (Å²) in [7, 11) is 0. The van der Waals surface area contributed by atoms with Crippen molar-refractivity contribution in [2.75, 3.05) is 0 Å². The molecule has 2 aliphatic rings. The second-order valence-electron chi connectivity index (χ2n) is 2.83. The maximum Gasteiger partial charge on any atom is -0.00973 e. The molecule has 0 amide bonds. The van der Waals surface area contributed by atoms with Crippen LogP contribution in [0, 0.1) is 11.8 Å². The molecule has 1 saturated carbocycles. The molecule has 0 radical (unpaired) electrons. The largest absolute Gasteiger partial charge is 0.0729 e. The number of allylic oxidation sites excluding steroid dienone is 2. The second kappa shape index (κ2) is 0.795. The molecule has 0 N–H and O–H groups in total. The van der Waals surface area contributed by atoms with Gasteiger partial charge in [0.05, 0.1) is 0 Å². The summed E-state index contributed by atoms with van der Waals surface area (Å²) in [6, 6.07) is 0. The molecule has 38 valence electrons. The minimum atomic E-state index is 0.986. The third kappa shape index (κ3) is 0.255. The maximum atomic E-state index is 2.33. The van der Waals surface area contributed by atoms with Crippen LogP contribution in [0.5, 0.6) is 0 Å². The third-order valence-electron chi connectivity index (χ3n) is 2.40. The van der Waals surface area contributed by atoms with Gasteiger partial charge >= 0.3 is 0 Å². The summed E-state index contributed by atoms with van der Waals surface area (Å²) in [6.07, 6.45) is 1.41. The fourth-order valence-corrected chi connectivity index (χ4v) is 1.77. The van der Waals surface area contributed by atoms with Crippen molar-refractivity contribution >= 4 is 0 Å². The number of hydrogen-bond acceptors (Lipinski definition) is 0. The predicted molar refractivity (Wildman–Crippen MR) is 30.0 cm³/mol. The highest BCUT2D eigenvalue weighted by Crippen LogP contribution is 2.59. The Morgan fingerprint density at radius 2 is 2.29 bits per heavy atom. The highest BCUT2D eigenvalue weighted by Gasteiger charge is 2.48. The molecule has 0 aromatic heterocycles. The van der Waals surface area contributed by atoms with E-state index < -0.39 is 0 Å². The number of fused-ring (bicyclic) bond motifs is 1. The van der Waals surface area contributed by atoms with Crippen molar-refractivity contribution in [3.8, 4) is 0 Å². The van der Waals surface area contributed by atoms with Crippen LogP contribution in [0.4, 0.5) is 0 Å². The van der Waals surface area contributed by atoms with Crippen molar-refractivity contribution in [3.05, 3.63) is 11.1 Å². The van der Waals surface area contributed by atoms with Crippen LogP contribution in [-0.2, 0) is 0 Å². The average molecular weight is 94.2 g/mol. The highest BCUT2D eigenvalue weighted by atomic mass is 14.5. The van der Waals surface area contributed by atoms with Gasteiger partial charge in [0.1, 0.15) is 0 Å². The Balaban J connectivity index is 2.35. The first-order chi connectivity index (χ1) is 3.30. The Kier molecular flexibility index (Phi) is 0.421. The van der Waals surface area contributed by atoms with E-state index in [9.17, 15) is 0 Å². The van der Waals surface area contributed by atoms with Gasteiger partial charge in [0.15, 0.2) is 0 Å². The lowest BCUT2D eigenvalue weighted by atomic mass is 10.0. The zero-order chi connectivity index (χ0) is 5.02. The van der Waals surface area contributed by atoms with Crippen LogP contribution in [-0.4, -0.2) is 0 Å². The molecule has 0 aromatic carbocycles. The van der Waals surface area contributed by atoms with Crippen LogP contribution in [0.15, 0.2) is 11.1 Å². The van der Waals surface area contributed by atoms with Gasteiger partial charge in [-0.15, -0.1) is 0 Å². The SMILES string of the molecule is CC1=C2C(C)C2C1. The molecule has 1 fully saturated rings. The minimum absolute atomic E-state index is 0.986. The number of rotatable bonds is 0. The summed E-state index contributed by atoms with van der Waals surface area (Å²) in [5, 5.41) is 0. The van der Waals surface area contributed by atoms with Gasteiger partial charge in [-0.2, -0.15) is 0 Å². The van der Waals surface area contributed by atoms with E-state index in [1.807, 2.05) is 0 Å². The van der Waals surface area contributed by atoms with Crippen LogP contribution < -0.4 is 0 Å².